The third kappa shape index (κ3) is 23.1. The van der Waals surface area contributed by atoms with Crippen molar-refractivity contribution >= 4 is 6.16 Å². The first-order chi connectivity index (χ1) is 37.1. The van der Waals surface area contributed by atoms with E-state index in [9.17, 15) is 4.79 Å². The molecule has 0 spiro atoms. The molecule has 0 N–H and O–H groups in total. The zero-order valence-electron chi connectivity index (χ0n) is 45.2. The normalized spacial score (nSPS) is 18.9. The molecule has 0 heterocycles. The van der Waals surface area contributed by atoms with Crippen molar-refractivity contribution in [2.45, 2.75) is 179 Å². The number of carbonyl (C=O) groups excluding carboxylic acids is 1. The van der Waals surface area contributed by atoms with Gasteiger partial charge in [-0.1, -0.05) is 255 Å². The Hall–Kier alpha value is -4.91. The average Bonchev–Trinajstić information content (AvgIpc) is 3.46. The zero-order valence-corrected chi connectivity index (χ0v) is 45.2. The van der Waals surface area contributed by atoms with E-state index in [4.69, 9.17) is 42.6 Å². The Kier molecular flexibility index (Phi) is 29.2. The van der Waals surface area contributed by atoms with Crippen molar-refractivity contribution < 1.29 is 47.4 Å². The summed E-state index contributed by atoms with van der Waals surface area (Å²) >= 11 is 0. The molecule has 5 aromatic carbocycles. The van der Waals surface area contributed by atoms with Crippen molar-refractivity contribution in [3.8, 4) is 0 Å². The molecule has 0 unspecified atom stereocenters. The molecule has 6 rings (SSSR count). The summed E-state index contributed by atoms with van der Waals surface area (Å²) in [6.45, 7) is 4.65. The van der Waals surface area contributed by atoms with Gasteiger partial charge in [-0.3, -0.25) is 0 Å². The van der Waals surface area contributed by atoms with Gasteiger partial charge in [-0.2, -0.15) is 0 Å². The van der Waals surface area contributed by atoms with E-state index >= 15 is 0 Å². The fraction of sp³-hybridized carbons (Fsp3) is 0.523. The van der Waals surface area contributed by atoms with Gasteiger partial charge in [0.15, 0.2) is 6.10 Å². The molecule has 1 saturated carbocycles. The fourth-order valence-electron chi connectivity index (χ4n) is 9.79. The van der Waals surface area contributed by atoms with Crippen LogP contribution in [0.2, 0.25) is 0 Å². The molecule has 0 amide bonds. The maximum absolute atomic E-state index is 14.2. The lowest BCUT2D eigenvalue weighted by Gasteiger charge is -2.49. The van der Waals surface area contributed by atoms with Crippen LogP contribution in [0.4, 0.5) is 4.79 Å². The average molecular weight is 1030 g/mol. The molecular formula is C65H88O10. The second kappa shape index (κ2) is 37.0. The van der Waals surface area contributed by atoms with E-state index in [-0.39, 0.29) is 46.2 Å². The van der Waals surface area contributed by atoms with Crippen molar-refractivity contribution in [1.29, 1.82) is 0 Å². The standard InChI is InChI=1S/C65H88O10/c1-3-4-5-6-7-8-9-10-11-12-13-14-15-16-17-33-44-68-50-58(67-2)51-74-65(66)75-64-61(71-47-55-38-27-20-28-39-55)59(52-69-45-53-34-23-18-24-35-53)60(70-46-54-36-25-19-26-37-54)62(72-48-56-40-29-21-30-41-56)63(64)73-49-57-42-31-22-32-43-57/h18-32,34-43,58-64H,3-17,33,44-52H2,1-2H3/t58-,59+,60-,61-,62+,63-,64-/m1/s1. The largest absolute Gasteiger partial charge is 0.508 e. The van der Waals surface area contributed by atoms with Crippen LogP contribution in [0.25, 0.3) is 0 Å². The number of rotatable bonds is 39. The molecule has 0 aromatic heterocycles. The SMILES string of the molecule is CCCCCCCCCCCCCCCCCCOC[C@H](COC(=O)O[C@H]1[C@H](OCc2ccccc2)[C@@H](OCc2ccccc2)[C@H](OCc2ccccc2)[C@H](COCc2ccccc2)[C@H]1OCc1ccccc1)OC. The smallest absolute Gasteiger partial charge is 0.431 e. The van der Waals surface area contributed by atoms with Crippen molar-refractivity contribution in [1.82, 2.24) is 0 Å². The highest BCUT2D eigenvalue weighted by molar-refractivity contribution is 5.60. The first-order valence-electron chi connectivity index (χ1n) is 28.3. The van der Waals surface area contributed by atoms with Crippen LogP contribution in [0, 0.1) is 5.92 Å². The maximum Gasteiger partial charge on any atom is 0.508 e. The van der Waals surface area contributed by atoms with E-state index < -0.39 is 48.7 Å². The Labute approximate surface area is 450 Å². The van der Waals surface area contributed by atoms with E-state index in [1.165, 1.54) is 89.9 Å². The number of benzene rings is 5. The summed E-state index contributed by atoms with van der Waals surface area (Å²) in [5.41, 5.74) is 4.89. The highest BCUT2D eigenvalue weighted by Crippen LogP contribution is 2.38. The zero-order chi connectivity index (χ0) is 52.2. The molecule has 0 radical (unpaired) electrons. The predicted molar refractivity (Wildman–Crippen MR) is 297 cm³/mol. The van der Waals surface area contributed by atoms with Gasteiger partial charge in [-0.15, -0.1) is 0 Å². The molecular weight excluding hydrogens is 941 g/mol. The molecule has 0 bridgehead atoms. The summed E-state index contributed by atoms with van der Waals surface area (Å²) < 4.78 is 58.8. The van der Waals surface area contributed by atoms with Gasteiger partial charge < -0.3 is 42.6 Å². The van der Waals surface area contributed by atoms with Crippen molar-refractivity contribution in [3.63, 3.8) is 0 Å². The van der Waals surface area contributed by atoms with Gasteiger partial charge in [0.2, 0.25) is 0 Å². The molecule has 7 atom stereocenters. The van der Waals surface area contributed by atoms with E-state index in [1.54, 1.807) is 7.11 Å². The molecule has 5 aromatic rings. The van der Waals surface area contributed by atoms with Crippen LogP contribution < -0.4 is 0 Å². The summed E-state index contributed by atoms with van der Waals surface area (Å²) in [6, 6.07) is 50.0. The Morgan fingerprint density at radius 3 is 1.15 bits per heavy atom. The summed E-state index contributed by atoms with van der Waals surface area (Å²) in [7, 11) is 1.60. The summed E-state index contributed by atoms with van der Waals surface area (Å²) in [4.78, 5) is 14.2. The molecule has 0 saturated heterocycles. The number of unbranched alkanes of at least 4 members (excludes halogenated alkanes) is 15. The first-order valence-corrected chi connectivity index (χ1v) is 28.3. The molecule has 10 heteroatoms. The van der Waals surface area contributed by atoms with Crippen LogP contribution in [0.1, 0.15) is 137 Å². The third-order valence-electron chi connectivity index (χ3n) is 14.1. The fourth-order valence-corrected chi connectivity index (χ4v) is 9.79. The number of carbonyl (C=O) groups is 1. The number of hydrogen-bond donors (Lipinski definition) is 0. The lowest BCUT2D eigenvalue weighted by atomic mass is 9.77. The Bertz CT molecular complexity index is 2150. The highest BCUT2D eigenvalue weighted by Gasteiger charge is 2.56. The molecule has 1 aliphatic rings. The number of methoxy groups -OCH3 is 1. The lowest BCUT2D eigenvalue weighted by molar-refractivity contribution is -0.267. The molecule has 10 nitrogen and oxygen atoms in total. The van der Waals surface area contributed by atoms with Gasteiger partial charge in [0.1, 0.15) is 31.0 Å². The second-order valence-corrected chi connectivity index (χ2v) is 20.1. The quantitative estimate of drug-likeness (QED) is 0.0279. The van der Waals surface area contributed by atoms with Gasteiger partial charge in [0.25, 0.3) is 0 Å². The van der Waals surface area contributed by atoms with E-state index in [2.05, 4.69) is 6.92 Å². The molecule has 0 aliphatic heterocycles. The Morgan fingerprint density at radius 2 is 0.747 bits per heavy atom. The van der Waals surface area contributed by atoms with Gasteiger partial charge in [-0.05, 0) is 34.2 Å². The first kappa shape index (κ1) is 59.3. The van der Waals surface area contributed by atoms with Gasteiger partial charge in [0, 0.05) is 19.6 Å². The summed E-state index contributed by atoms with van der Waals surface area (Å²) in [6.07, 6.45) is 15.6. The van der Waals surface area contributed by atoms with Crippen molar-refractivity contribution in [3.05, 3.63) is 179 Å². The minimum Gasteiger partial charge on any atom is -0.431 e. The maximum atomic E-state index is 14.2. The van der Waals surface area contributed by atoms with E-state index in [1.807, 2.05) is 152 Å². The van der Waals surface area contributed by atoms with E-state index in [0.717, 1.165) is 40.7 Å². The second-order valence-electron chi connectivity index (χ2n) is 20.1. The molecule has 1 aliphatic carbocycles. The molecule has 75 heavy (non-hydrogen) atoms. The van der Waals surface area contributed by atoms with Gasteiger partial charge in [-0.25, -0.2) is 4.79 Å². The van der Waals surface area contributed by atoms with Crippen molar-refractivity contribution in [2.75, 3.05) is 33.5 Å². The predicted octanol–water partition coefficient (Wildman–Crippen LogP) is 15.0. The minimum atomic E-state index is -1.03. The van der Waals surface area contributed by atoms with Gasteiger partial charge >= 0.3 is 6.16 Å². The summed E-state index contributed by atoms with van der Waals surface area (Å²) in [5.74, 6) is -0.513. The molecule has 1 fully saturated rings. The van der Waals surface area contributed by atoms with Crippen molar-refractivity contribution in [2.24, 2.45) is 5.92 Å². The van der Waals surface area contributed by atoms with Crippen LogP contribution in [0.15, 0.2) is 152 Å². The minimum absolute atomic E-state index is 0.0630. The van der Waals surface area contributed by atoms with Crippen LogP contribution in [-0.4, -0.2) is 76.3 Å². The number of hydrogen-bond acceptors (Lipinski definition) is 10. The monoisotopic (exact) mass is 1030 g/mol. The highest BCUT2D eigenvalue weighted by atomic mass is 16.7. The summed E-state index contributed by atoms with van der Waals surface area (Å²) in [5, 5.41) is 0. The van der Waals surface area contributed by atoms with Crippen LogP contribution in [0.5, 0.6) is 0 Å². The molecule has 408 valence electrons. The van der Waals surface area contributed by atoms with Crippen LogP contribution in [0.3, 0.4) is 0 Å². The van der Waals surface area contributed by atoms with Crippen LogP contribution >= 0.6 is 0 Å². The van der Waals surface area contributed by atoms with Gasteiger partial charge in [0.05, 0.1) is 52.4 Å². The Morgan fingerprint density at radius 1 is 0.400 bits per heavy atom. The van der Waals surface area contributed by atoms with E-state index in [0.29, 0.717) is 13.2 Å². The topological polar surface area (TPSA) is 100 Å². The number of ether oxygens (including phenoxy) is 9. The lowest BCUT2D eigenvalue weighted by Crippen LogP contribution is -2.65. The third-order valence-corrected chi connectivity index (χ3v) is 14.1. The Balaban J connectivity index is 1.13. The van der Waals surface area contributed by atoms with Crippen LogP contribution in [-0.2, 0) is 75.7 Å².